The van der Waals surface area contributed by atoms with Crippen molar-refractivity contribution in [2.75, 3.05) is 13.2 Å². The molecule has 1 spiro atoms. The number of fused-ring (bicyclic) bond motifs is 1. The number of ether oxygens (including phenoxy) is 2. The van der Waals surface area contributed by atoms with Crippen LogP contribution in [0.15, 0.2) is 18.2 Å². The zero-order valence-electron chi connectivity index (χ0n) is 8.91. The van der Waals surface area contributed by atoms with E-state index in [1.54, 1.807) is 0 Å². The molecule has 2 atom stereocenters. The SMILES string of the molecule is NCC1COC2(Cc3ccc(Cl)cc3C2)O1. The van der Waals surface area contributed by atoms with Gasteiger partial charge in [0.2, 0.25) is 0 Å². The van der Waals surface area contributed by atoms with Gasteiger partial charge in [0.15, 0.2) is 5.79 Å². The van der Waals surface area contributed by atoms with Gasteiger partial charge >= 0.3 is 0 Å². The molecule has 1 aromatic carbocycles. The highest BCUT2D eigenvalue weighted by Gasteiger charge is 2.45. The minimum atomic E-state index is -0.475. The Hall–Kier alpha value is -0.610. The van der Waals surface area contributed by atoms with Gasteiger partial charge in [-0.2, -0.15) is 0 Å². The van der Waals surface area contributed by atoms with Gasteiger partial charge in [0.05, 0.1) is 12.7 Å². The molecule has 0 amide bonds. The highest BCUT2D eigenvalue weighted by Crippen LogP contribution is 2.39. The van der Waals surface area contributed by atoms with Crippen LogP contribution in [0.25, 0.3) is 0 Å². The summed E-state index contributed by atoms with van der Waals surface area (Å²) in [6, 6.07) is 5.96. The van der Waals surface area contributed by atoms with E-state index in [0.29, 0.717) is 13.2 Å². The molecule has 1 fully saturated rings. The van der Waals surface area contributed by atoms with E-state index >= 15 is 0 Å². The van der Waals surface area contributed by atoms with Crippen molar-refractivity contribution in [1.82, 2.24) is 0 Å². The number of benzene rings is 1. The molecule has 1 aliphatic carbocycles. The Kier molecular flexibility index (Phi) is 2.44. The number of nitrogens with two attached hydrogens (primary N) is 1. The molecule has 4 heteroatoms. The number of rotatable bonds is 1. The fourth-order valence-corrected chi connectivity index (χ4v) is 2.69. The molecule has 1 aromatic rings. The van der Waals surface area contributed by atoms with E-state index in [2.05, 4.69) is 6.07 Å². The molecule has 2 N–H and O–H groups in total. The Morgan fingerprint density at radius 1 is 1.38 bits per heavy atom. The van der Waals surface area contributed by atoms with Crippen molar-refractivity contribution in [1.29, 1.82) is 0 Å². The lowest BCUT2D eigenvalue weighted by Crippen LogP contribution is -2.33. The second kappa shape index (κ2) is 3.70. The molecular weight excluding hydrogens is 226 g/mol. The summed E-state index contributed by atoms with van der Waals surface area (Å²) in [5.74, 6) is -0.475. The Morgan fingerprint density at radius 3 is 2.94 bits per heavy atom. The van der Waals surface area contributed by atoms with E-state index in [9.17, 15) is 0 Å². The summed E-state index contributed by atoms with van der Waals surface area (Å²) in [6.07, 6.45) is 1.61. The second-order valence-electron chi connectivity index (χ2n) is 4.46. The predicted molar refractivity (Wildman–Crippen MR) is 61.5 cm³/mol. The van der Waals surface area contributed by atoms with Crippen LogP contribution >= 0.6 is 11.6 Å². The van der Waals surface area contributed by atoms with Crippen molar-refractivity contribution in [3.8, 4) is 0 Å². The van der Waals surface area contributed by atoms with Gasteiger partial charge in [0, 0.05) is 24.4 Å². The molecule has 2 aliphatic rings. The molecule has 2 unspecified atom stereocenters. The van der Waals surface area contributed by atoms with Crippen molar-refractivity contribution in [3.63, 3.8) is 0 Å². The summed E-state index contributed by atoms with van der Waals surface area (Å²) < 4.78 is 11.7. The first-order chi connectivity index (χ1) is 7.71. The van der Waals surface area contributed by atoms with E-state index < -0.39 is 5.79 Å². The third-order valence-corrected chi connectivity index (χ3v) is 3.50. The lowest BCUT2D eigenvalue weighted by molar-refractivity contribution is -0.158. The molecule has 0 radical (unpaired) electrons. The Labute approximate surface area is 99.5 Å². The lowest BCUT2D eigenvalue weighted by atomic mass is 10.1. The molecular formula is C12H14ClNO2. The Balaban J connectivity index is 1.85. The summed E-state index contributed by atoms with van der Waals surface area (Å²) >= 11 is 5.97. The van der Waals surface area contributed by atoms with Gasteiger partial charge in [0.1, 0.15) is 0 Å². The number of hydrogen-bond donors (Lipinski definition) is 1. The zero-order valence-corrected chi connectivity index (χ0v) is 9.67. The van der Waals surface area contributed by atoms with Gasteiger partial charge in [-0.1, -0.05) is 17.7 Å². The predicted octanol–water partition coefficient (Wildman–Crippen LogP) is 1.51. The smallest absolute Gasteiger partial charge is 0.176 e. The first-order valence-electron chi connectivity index (χ1n) is 5.50. The van der Waals surface area contributed by atoms with Gasteiger partial charge in [-0.15, -0.1) is 0 Å². The minimum Gasteiger partial charge on any atom is -0.346 e. The van der Waals surface area contributed by atoms with Gasteiger partial charge in [0.25, 0.3) is 0 Å². The molecule has 1 heterocycles. The molecule has 3 nitrogen and oxygen atoms in total. The van der Waals surface area contributed by atoms with Crippen LogP contribution in [0.3, 0.4) is 0 Å². The molecule has 3 rings (SSSR count). The number of halogens is 1. The summed E-state index contributed by atoms with van der Waals surface area (Å²) in [5.41, 5.74) is 8.08. The monoisotopic (exact) mass is 239 g/mol. The van der Waals surface area contributed by atoms with Crippen LogP contribution in [0.2, 0.25) is 5.02 Å². The van der Waals surface area contributed by atoms with Crippen LogP contribution in [0.4, 0.5) is 0 Å². The van der Waals surface area contributed by atoms with Crippen molar-refractivity contribution in [2.24, 2.45) is 5.73 Å². The summed E-state index contributed by atoms with van der Waals surface area (Å²) in [6.45, 7) is 1.11. The van der Waals surface area contributed by atoms with Gasteiger partial charge in [-0.05, 0) is 23.3 Å². The van der Waals surface area contributed by atoms with Crippen molar-refractivity contribution in [2.45, 2.75) is 24.7 Å². The molecule has 0 aromatic heterocycles. The quantitative estimate of drug-likeness (QED) is 0.808. The average Bonchev–Trinajstić information content (AvgIpc) is 2.82. The maximum absolute atomic E-state index is 5.97. The largest absolute Gasteiger partial charge is 0.346 e. The first kappa shape index (κ1) is 10.5. The van der Waals surface area contributed by atoms with Gasteiger partial charge < -0.3 is 15.2 Å². The second-order valence-corrected chi connectivity index (χ2v) is 4.90. The fraction of sp³-hybridized carbons (Fsp3) is 0.500. The van der Waals surface area contributed by atoms with Crippen molar-refractivity contribution >= 4 is 11.6 Å². The molecule has 0 saturated carbocycles. The summed E-state index contributed by atoms with van der Waals surface area (Å²) in [5, 5.41) is 0.768. The first-order valence-corrected chi connectivity index (χ1v) is 5.88. The zero-order chi connectivity index (χ0) is 11.2. The Morgan fingerprint density at radius 2 is 2.19 bits per heavy atom. The van der Waals surface area contributed by atoms with Crippen LogP contribution in [0, 0.1) is 0 Å². The van der Waals surface area contributed by atoms with Gasteiger partial charge in [-0.25, -0.2) is 0 Å². The van der Waals surface area contributed by atoms with Crippen LogP contribution in [0.1, 0.15) is 11.1 Å². The maximum atomic E-state index is 5.97. The highest BCUT2D eigenvalue weighted by atomic mass is 35.5. The third-order valence-electron chi connectivity index (χ3n) is 3.26. The number of hydrogen-bond acceptors (Lipinski definition) is 3. The van der Waals surface area contributed by atoms with Crippen LogP contribution in [-0.4, -0.2) is 25.0 Å². The van der Waals surface area contributed by atoms with Crippen LogP contribution in [-0.2, 0) is 22.3 Å². The van der Waals surface area contributed by atoms with E-state index in [1.807, 2.05) is 12.1 Å². The van der Waals surface area contributed by atoms with Crippen molar-refractivity contribution in [3.05, 3.63) is 34.3 Å². The topological polar surface area (TPSA) is 44.5 Å². The standard InChI is InChI=1S/C12H14ClNO2/c13-10-2-1-8-4-12(5-9(8)3-10)15-7-11(6-14)16-12/h1-3,11H,4-7,14H2. The fourth-order valence-electron chi connectivity index (χ4n) is 2.49. The molecule has 1 saturated heterocycles. The molecule has 1 aliphatic heterocycles. The van der Waals surface area contributed by atoms with E-state index in [0.717, 1.165) is 17.9 Å². The average molecular weight is 240 g/mol. The highest BCUT2D eigenvalue weighted by molar-refractivity contribution is 6.30. The lowest BCUT2D eigenvalue weighted by Gasteiger charge is -2.21. The summed E-state index contributed by atoms with van der Waals surface area (Å²) in [4.78, 5) is 0. The third kappa shape index (κ3) is 1.64. The van der Waals surface area contributed by atoms with Crippen LogP contribution in [0.5, 0.6) is 0 Å². The Bertz CT molecular complexity index is 423. The molecule has 86 valence electrons. The van der Waals surface area contributed by atoms with E-state index in [1.165, 1.54) is 11.1 Å². The van der Waals surface area contributed by atoms with E-state index in [4.69, 9.17) is 26.8 Å². The van der Waals surface area contributed by atoms with Gasteiger partial charge in [-0.3, -0.25) is 0 Å². The minimum absolute atomic E-state index is 0.0322. The maximum Gasteiger partial charge on any atom is 0.176 e. The molecule has 0 bridgehead atoms. The van der Waals surface area contributed by atoms with Crippen molar-refractivity contribution < 1.29 is 9.47 Å². The normalized spacial score (nSPS) is 32.2. The van der Waals surface area contributed by atoms with E-state index in [-0.39, 0.29) is 6.10 Å². The van der Waals surface area contributed by atoms with Crippen LogP contribution < -0.4 is 5.73 Å². The summed E-state index contributed by atoms with van der Waals surface area (Å²) in [7, 11) is 0. The molecule has 16 heavy (non-hydrogen) atoms.